The lowest BCUT2D eigenvalue weighted by molar-refractivity contribution is 0.336. The number of guanidine groups is 1. The van der Waals surface area contributed by atoms with E-state index in [1.54, 1.807) is 14.2 Å². The van der Waals surface area contributed by atoms with Crippen molar-refractivity contribution in [3.05, 3.63) is 54.1 Å². The predicted molar refractivity (Wildman–Crippen MR) is 127 cm³/mol. The SMILES string of the molecule is CCNC(=NCCN(C)Cc1ccccc1)Nc1ccc(OC)c(OC)c1.I. The van der Waals surface area contributed by atoms with E-state index >= 15 is 0 Å². The Morgan fingerprint density at radius 2 is 1.75 bits per heavy atom. The Hall–Kier alpha value is -2.00. The molecule has 0 spiro atoms. The maximum Gasteiger partial charge on any atom is 0.195 e. The predicted octanol–water partition coefficient (Wildman–Crippen LogP) is 3.83. The molecule has 0 atom stereocenters. The minimum atomic E-state index is 0. The third-order valence-electron chi connectivity index (χ3n) is 4.04. The zero-order valence-electron chi connectivity index (χ0n) is 17.1. The van der Waals surface area contributed by atoms with Gasteiger partial charge in [0.15, 0.2) is 17.5 Å². The van der Waals surface area contributed by atoms with Gasteiger partial charge in [-0.1, -0.05) is 30.3 Å². The Labute approximate surface area is 185 Å². The minimum absolute atomic E-state index is 0. The number of rotatable bonds is 9. The Kier molecular flexibility index (Phi) is 11.4. The largest absolute Gasteiger partial charge is 0.493 e. The second-order valence-corrected chi connectivity index (χ2v) is 6.18. The van der Waals surface area contributed by atoms with Crippen LogP contribution in [0, 0.1) is 0 Å². The van der Waals surface area contributed by atoms with Gasteiger partial charge in [0, 0.05) is 31.4 Å². The first-order valence-corrected chi connectivity index (χ1v) is 9.16. The lowest BCUT2D eigenvalue weighted by atomic mass is 10.2. The number of ether oxygens (including phenoxy) is 2. The highest BCUT2D eigenvalue weighted by atomic mass is 127. The van der Waals surface area contributed by atoms with E-state index in [2.05, 4.69) is 51.8 Å². The molecule has 0 bridgehead atoms. The molecule has 0 fully saturated rings. The number of nitrogens with one attached hydrogen (secondary N) is 2. The van der Waals surface area contributed by atoms with Gasteiger partial charge in [-0.2, -0.15) is 0 Å². The number of anilines is 1. The first kappa shape index (κ1) is 24.0. The van der Waals surface area contributed by atoms with E-state index in [0.29, 0.717) is 18.0 Å². The molecule has 0 amide bonds. The molecule has 0 saturated heterocycles. The molecule has 0 aliphatic heterocycles. The number of aliphatic imine (C=N–C) groups is 1. The molecule has 154 valence electrons. The third kappa shape index (κ3) is 7.93. The van der Waals surface area contributed by atoms with Crippen LogP contribution in [-0.2, 0) is 6.54 Å². The van der Waals surface area contributed by atoms with Crippen LogP contribution in [0.4, 0.5) is 5.69 Å². The molecular formula is C21H31IN4O2. The zero-order valence-corrected chi connectivity index (χ0v) is 19.4. The number of methoxy groups -OCH3 is 2. The lowest BCUT2D eigenvalue weighted by Gasteiger charge is -2.17. The summed E-state index contributed by atoms with van der Waals surface area (Å²) in [6.45, 7) is 5.33. The van der Waals surface area contributed by atoms with Crippen molar-refractivity contribution >= 4 is 35.6 Å². The summed E-state index contributed by atoms with van der Waals surface area (Å²) in [5, 5.41) is 6.58. The summed E-state index contributed by atoms with van der Waals surface area (Å²) in [5.41, 5.74) is 2.20. The molecule has 0 heterocycles. The van der Waals surface area contributed by atoms with Gasteiger partial charge in [-0.25, -0.2) is 0 Å². The van der Waals surface area contributed by atoms with Crippen LogP contribution >= 0.6 is 24.0 Å². The molecule has 2 N–H and O–H groups in total. The molecule has 0 aliphatic rings. The smallest absolute Gasteiger partial charge is 0.195 e. The van der Waals surface area contributed by atoms with Crippen LogP contribution in [0.3, 0.4) is 0 Å². The number of likely N-dealkylation sites (N-methyl/N-ethyl adjacent to an activating group) is 1. The van der Waals surface area contributed by atoms with E-state index in [4.69, 9.17) is 9.47 Å². The molecule has 0 radical (unpaired) electrons. The zero-order chi connectivity index (χ0) is 19.5. The maximum atomic E-state index is 5.36. The lowest BCUT2D eigenvalue weighted by Crippen LogP contribution is -2.31. The molecule has 28 heavy (non-hydrogen) atoms. The summed E-state index contributed by atoms with van der Waals surface area (Å²) in [4.78, 5) is 6.93. The van der Waals surface area contributed by atoms with E-state index in [9.17, 15) is 0 Å². The molecular weight excluding hydrogens is 467 g/mol. The van der Waals surface area contributed by atoms with Crippen LogP contribution in [0.1, 0.15) is 12.5 Å². The van der Waals surface area contributed by atoms with Crippen molar-refractivity contribution in [2.45, 2.75) is 13.5 Å². The van der Waals surface area contributed by atoms with Crippen LogP contribution in [-0.4, -0.2) is 51.8 Å². The normalized spacial score (nSPS) is 11.0. The number of hydrogen-bond acceptors (Lipinski definition) is 4. The average molecular weight is 498 g/mol. The van der Waals surface area contributed by atoms with Gasteiger partial charge in [-0.3, -0.25) is 4.99 Å². The fraction of sp³-hybridized carbons (Fsp3) is 0.381. The van der Waals surface area contributed by atoms with Gasteiger partial charge in [-0.15, -0.1) is 24.0 Å². The highest BCUT2D eigenvalue weighted by Gasteiger charge is 2.06. The van der Waals surface area contributed by atoms with E-state index in [-0.39, 0.29) is 24.0 Å². The van der Waals surface area contributed by atoms with Gasteiger partial charge in [0.2, 0.25) is 0 Å². The molecule has 2 aromatic rings. The van der Waals surface area contributed by atoms with Gasteiger partial charge in [0.25, 0.3) is 0 Å². The second-order valence-electron chi connectivity index (χ2n) is 6.18. The van der Waals surface area contributed by atoms with Gasteiger partial charge in [-0.05, 0) is 31.7 Å². The Bertz CT molecular complexity index is 726. The maximum absolute atomic E-state index is 5.36. The second kappa shape index (κ2) is 13.2. The topological polar surface area (TPSA) is 58.1 Å². The monoisotopic (exact) mass is 498 g/mol. The number of hydrogen-bond donors (Lipinski definition) is 2. The summed E-state index contributed by atoms with van der Waals surface area (Å²) in [6.07, 6.45) is 0. The first-order chi connectivity index (χ1) is 13.2. The van der Waals surface area contributed by atoms with Crippen molar-refractivity contribution in [2.75, 3.05) is 46.2 Å². The molecule has 6 nitrogen and oxygen atoms in total. The molecule has 0 aromatic heterocycles. The van der Waals surface area contributed by atoms with Crippen molar-refractivity contribution in [3.63, 3.8) is 0 Å². The summed E-state index contributed by atoms with van der Waals surface area (Å²) in [7, 11) is 5.36. The van der Waals surface area contributed by atoms with Gasteiger partial charge >= 0.3 is 0 Å². The first-order valence-electron chi connectivity index (χ1n) is 9.16. The van der Waals surface area contributed by atoms with Crippen molar-refractivity contribution in [1.82, 2.24) is 10.2 Å². The van der Waals surface area contributed by atoms with Gasteiger partial charge in [0.1, 0.15) is 0 Å². The summed E-state index contributed by atoms with van der Waals surface area (Å²) < 4.78 is 10.6. The summed E-state index contributed by atoms with van der Waals surface area (Å²) >= 11 is 0. The highest BCUT2D eigenvalue weighted by Crippen LogP contribution is 2.29. The highest BCUT2D eigenvalue weighted by molar-refractivity contribution is 14.0. The van der Waals surface area contributed by atoms with Crippen molar-refractivity contribution in [2.24, 2.45) is 4.99 Å². The third-order valence-corrected chi connectivity index (χ3v) is 4.04. The molecule has 7 heteroatoms. The van der Waals surface area contributed by atoms with Crippen molar-refractivity contribution < 1.29 is 9.47 Å². The van der Waals surface area contributed by atoms with E-state index < -0.39 is 0 Å². The molecule has 0 unspecified atom stereocenters. The number of nitrogens with zero attached hydrogens (tertiary/aromatic N) is 2. The van der Waals surface area contributed by atoms with E-state index in [0.717, 1.165) is 31.3 Å². The average Bonchev–Trinajstić information content (AvgIpc) is 2.68. The standard InChI is InChI=1S/C21H30N4O2.HI/c1-5-22-21(24-18-11-12-19(26-3)20(15-18)27-4)23-13-14-25(2)16-17-9-7-6-8-10-17;/h6-12,15H,5,13-14,16H2,1-4H3,(H2,22,23,24);1H. The van der Waals surface area contributed by atoms with E-state index in [1.807, 2.05) is 31.2 Å². The Morgan fingerprint density at radius 3 is 2.39 bits per heavy atom. The minimum Gasteiger partial charge on any atom is -0.493 e. The van der Waals surface area contributed by atoms with Gasteiger partial charge < -0.3 is 25.0 Å². The van der Waals surface area contributed by atoms with Crippen LogP contribution < -0.4 is 20.1 Å². The molecule has 0 aliphatic carbocycles. The molecule has 2 rings (SSSR count). The molecule has 0 saturated carbocycles. The van der Waals surface area contributed by atoms with Crippen LogP contribution in [0.5, 0.6) is 11.5 Å². The van der Waals surface area contributed by atoms with Gasteiger partial charge in [0.05, 0.1) is 20.8 Å². The van der Waals surface area contributed by atoms with Crippen LogP contribution in [0.25, 0.3) is 0 Å². The number of benzene rings is 2. The fourth-order valence-electron chi connectivity index (χ4n) is 2.66. The molecule has 2 aromatic carbocycles. The quantitative estimate of drug-likeness (QED) is 0.313. The summed E-state index contributed by atoms with van der Waals surface area (Å²) in [6, 6.07) is 16.2. The van der Waals surface area contributed by atoms with Crippen LogP contribution in [0.15, 0.2) is 53.5 Å². The van der Waals surface area contributed by atoms with E-state index in [1.165, 1.54) is 5.56 Å². The van der Waals surface area contributed by atoms with Crippen molar-refractivity contribution in [3.8, 4) is 11.5 Å². The Balaban J connectivity index is 0.00000392. The van der Waals surface area contributed by atoms with Crippen molar-refractivity contribution in [1.29, 1.82) is 0 Å². The summed E-state index contributed by atoms with van der Waals surface area (Å²) in [5.74, 6) is 2.13. The Morgan fingerprint density at radius 1 is 1.04 bits per heavy atom. The van der Waals surface area contributed by atoms with Crippen LogP contribution in [0.2, 0.25) is 0 Å². The number of halogens is 1. The fourth-order valence-corrected chi connectivity index (χ4v) is 2.66.